The van der Waals surface area contributed by atoms with Gasteiger partial charge >= 0.3 is 0 Å². The molecule has 0 aliphatic heterocycles. The molecule has 6 rings (SSSR count). The fraction of sp³-hybridized carbons (Fsp3) is 0.154. The SMILES string of the molecule is CC1(I)C=CC=CC(Nc2ncc3c(=O)n(C4=CCCC=C4)c4nc5ccccc5n4c3n2)=C1. The Kier molecular flexibility index (Phi) is 4.98. The molecule has 0 fully saturated rings. The summed E-state index contributed by atoms with van der Waals surface area (Å²) in [7, 11) is 0. The fourth-order valence-electron chi connectivity index (χ4n) is 4.35. The third-order valence-electron chi connectivity index (χ3n) is 5.89. The number of alkyl halides is 1. The Labute approximate surface area is 209 Å². The number of hydrogen-bond acceptors (Lipinski definition) is 5. The predicted octanol–water partition coefficient (Wildman–Crippen LogP) is 5.40. The molecule has 1 atom stereocenters. The van der Waals surface area contributed by atoms with Crippen LogP contribution in [0.2, 0.25) is 0 Å². The van der Waals surface area contributed by atoms with E-state index in [0.29, 0.717) is 22.8 Å². The first kappa shape index (κ1) is 21.0. The van der Waals surface area contributed by atoms with Gasteiger partial charge < -0.3 is 5.32 Å². The molecule has 3 aromatic heterocycles. The van der Waals surface area contributed by atoms with Crippen LogP contribution in [0, 0.1) is 0 Å². The summed E-state index contributed by atoms with van der Waals surface area (Å²) in [5.41, 5.74) is 3.75. The lowest BCUT2D eigenvalue weighted by Gasteiger charge is -2.15. The van der Waals surface area contributed by atoms with E-state index in [2.05, 4.69) is 64.1 Å². The number of fused-ring (bicyclic) bond motifs is 5. The van der Waals surface area contributed by atoms with Gasteiger partial charge in [0.15, 0.2) is 5.65 Å². The van der Waals surface area contributed by atoms with Crippen molar-refractivity contribution in [2.45, 2.75) is 23.2 Å². The summed E-state index contributed by atoms with van der Waals surface area (Å²) >= 11 is 2.39. The van der Waals surface area contributed by atoms with Gasteiger partial charge in [0.05, 0.1) is 14.5 Å². The monoisotopic (exact) mass is 560 g/mol. The van der Waals surface area contributed by atoms with Gasteiger partial charge in [0.1, 0.15) is 5.39 Å². The first-order valence-corrected chi connectivity index (χ1v) is 12.2. The summed E-state index contributed by atoms with van der Waals surface area (Å²) in [5.74, 6) is 0.962. The van der Waals surface area contributed by atoms with Crippen LogP contribution in [0.15, 0.2) is 89.6 Å². The Morgan fingerprint density at radius 1 is 1.12 bits per heavy atom. The van der Waals surface area contributed by atoms with Crippen LogP contribution < -0.4 is 10.9 Å². The van der Waals surface area contributed by atoms with Crippen molar-refractivity contribution >= 4 is 62.1 Å². The predicted molar refractivity (Wildman–Crippen MR) is 145 cm³/mol. The molecule has 0 saturated carbocycles. The molecule has 168 valence electrons. The molecule has 3 heterocycles. The highest BCUT2D eigenvalue weighted by Gasteiger charge is 2.20. The van der Waals surface area contributed by atoms with Crippen molar-refractivity contribution in [3.63, 3.8) is 0 Å². The van der Waals surface area contributed by atoms with Crippen LogP contribution in [0.3, 0.4) is 0 Å². The van der Waals surface area contributed by atoms with E-state index < -0.39 is 0 Å². The van der Waals surface area contributed by atoms with Gasteiger partial charge in [0.25, 0.3) is 5.56 Å². The number of halogens is 1. The summed E-state index contributed by atoms with van der Waals surface area (Å²) < 4.78 is 3.48. The van der Waals surface area contributed by atoms with Gasteiger partial charge in [-0.1, -0.05) is 65.1 Å². The average molecular weight is 560 g/mol. The number of anilines is 1. The molecule has 1 unspecified atom stereocenters. The van der Waals surface area contributed by atoms with Gasteiger partial charge in [-0.2, -0.15) is 4.98 Å². The normalized spacial score (nSPS) is 20.1. The highest BCUT2D eigenvalue weighted by atomic mass is 127. The number of aromatic nitrogens is 5. The van der Waals surface area contributed by atoms with E-state index in [-0.39, 0.29) is 8.98 Å². The van der Waals surface area contributed by atoms with Crippen molar-refractivity contribution in [3.8, 4) is 0 Å². The van der Waals surface area contributed by atoms with Gasteiger partial charge in [-0.25, -0.2) is 14.5 Å². The Hall–Kier alpha value is -3.53. The van der Waals surface area contributed by atoms with Crippen LogP contribution in [0.4, 0.5) is 5.95 Å². The molecular weight excluding hydrogens is 539 g/mol. The summed E-state index contributed by atoms with van der Waals surface area (Å²) in [6.07, 6.45) is 19.8. The number of benzene rings is 1. The van der Waals surface area contributed by atoms with Crippen molar-refractivity contribution in [1.82, 2.24) is 23.9 Å². The quantitative estimate of drug-likeness (QED) is 0.268. The van der Waals surface area contributed by atoms with Crippen LogP contribution in [0.25, 0.3) is 33.5 Å². The first-order chi connectivity index (χ1) is 16.5. The summed E-state index contributed by atoms with van der Waals surface area (Å²) in [6, 6.07) is 7.85. The molecule has 2 aliphatic rings. The van der Waals surface area contributed by atoms with Gasteiger partial charge in [-0.3, -0.25) is 9.20 Å². The fourth-order valence-corrected chi connectivity index (χ4v) is 4.89. The zero-order valence-electron chi connectivity index (χ0n) is 18.4. The number of nitrogens with one attached hydrogen (secondary N) is 1. The van der Waals surface area contributed by atoms with Gasteiger partial charge in [0.2, 0.25) is 11.7 Å². The van der Waals surface area contributed by atoms with Crippen LogP contribution in [-0.2, 0) is 0 Å². The summed E-state index contributed by atoms with van der Waals surface area (Å²) in [5, 5.41) is 3.75. The molecule has 0 spiro atoms. The summed E-state index contributed by atoms with van der Waals surface area (Å²) in [4.78, 5) is 27.8. The van der Waals surface area contributed by atoms with Crippen LogP contribution in [-0.4, -0.2) is 27.3 Å². The second-order valence-corrected chi connectivity index (χ2v) is 10.8. The van der Waals surface area contributed by atoms with E-state index in [4.69, 9.17) is 9.97 Å². The number of para-hydroxylation sites is 2. The Morgan fingerprint density at radius 3 is 2.85 bits per heavy atom. The molecule has 0 amide bonds. The second-order valence-electron chi connectivity index (χ2n) is 8.51. The Morgan fingerprint density at radius 2 is 2.00 bits per heavy atom. The molecule has 0 radical (unpaired) electrons. The van der Waals surface area contributed by atoms with Crippen molar-refractivity contribution in [1.29, 1.82) is 0 Å². The molecule has 4 aromatic rings. The maximum Gasteiger partial charge on any atom is 0.270 e. The zero-order valence-corrected chi connectivity index (χ0v) is 20.6. The Bertz CT molecular complexity index is 1680. The lowest BCUT2D eigenvalue weighted by atomic mass is 10.1. The lowest BCUT2D eigenvalue weighted by Crippen LogP contribution is -2.23. The van der Waals surface area contributed by atoms with Crippen molar-refractivity contribution in [2.24, 2.45) is 0 Å². The Balaban J connectivity index is 1.61. The minimum atomic E-state index is -0.181. The van der Waals surface area contributed by atoms with Crippen LogP contribution >= 0.6 is 22.6 Å². The number of rotatable bonds is 3. The molecule has 1 aromatic carbocycles. The van der Waals surface area contributed by atoms with E-state index in [1.165, 1.54) is 0 Å². The zero-order chi connectivity index (χ0) is 23.3. The number of imidazole rings is 1. The molecule has 2 aliphatic carbocycles. The number of nitrogens with zero attached hydrogens (tertiary/aromatic N) is 5. The van der Waals surface area contributed by atoms with E-state index in [0.717, 1.165) is 35.3 Å². The maximum absolute atomic E-state index is 13.7. The van der Waals surface area contributed by atoms with E-state index >= 15 is 0 Å². The average Bonchev–Trinajstić information content (AvgIpc) is 3.12. The lowest BCUT2D eigenvalue weighted by molar-refractivity contribution is 0.958. The molecular formula is C26H21IN6O. The molecule has 34 heavy (non-hydrogen) atoms. The first-order valence-electron chi connectivity index (χ1n) is 11.1. The summed E-state index contributed by atoms with van der Waals surface area (Å²) in [6.45, 7) is 2.12. The van der Waals surface area contributed by atoms with Crippen molar-refractivity contribution in [3.05, 3.63) is 95.1 Å². The van der Waals surface area contributed by atoms with Crippen molar-refractivity contribution < 1.29 is 0 Å². The molecule has 0 bridgehead atoms. The highest BCUT2D eigenvalue weighted by molar-refractivity contribution is 14.1. The minimum absolute atomic E-state index is 0.136. The molecule has 8 heteroatoms. The third kappa shape index (κ3) is 3.58. The van der Waals surface area contributed by atoms with Crippen molar-refractivity contribution in [2.75, 3.05) is 5.32 Å². The standard InChI is InChI=1S/C26H21IN6O/c1-26(27)14-8-7-9-17(15-26)29-24-28-16-19-22(31-24)33-21-13-6-5-12-20(21)30-25(33)32(23(19)34)18-10-3-2-4-11-18/h3,5-16H,2,4H2,1H3,(H,28,29,31). The molecule has 0 saturated heterocycles. The van der Waals surface area contributed by atoms with Gasteiger partial charge in [0, 0.05) is 17.6 Å². The molecule has 7 nitrogen and oxygen atoms in total. The van der Waals surface area contributed by atoms with Crippen LogP contribution in [0.5, 0.6) is 0 Å². The maximum atomic E-state index is 13.7. The molecule has 1 N–H and O–H groups in total. The van der Waals surface area contributed by atoms with Gasteiger partial charge in [-0.15, -0.1) is 0 Å². The van der Waals surface area contributed by atoms with Gasteiger partial charge in [-0.05, 0) is 50.1 Å². The number of hydrogen-bond donors (Lipinski definition) is 1. The second kappa shape index (κ2) is 8.05. The highest BCUT2D eigenvalue weighted by Crippen LogP contribution is 2.27. The largest absolute Gasteiger partial charge is 0.324 e. The van der Waals surface area contributed by atoms with E-state index in [9.17, 15) is 4.79 Å². The minimum Gasteiger partial charge on any atom is -0.324 e. The van der Waals surface area contributed by atoms with E-state index in [1.807, 2.05) is 53.0 Å². The van der Waals surface area contributed by atoms with E-state index in [1.54, 1.807) is 10.8 Å². The smallest absolute Gasteiger partial charge is 0.270 e. The topological polar surface area (TPSA) is 77.1 Å². The third-order valence-corrected chi connectivity index (χ3v) is 6.56. The number of allylic oxidation sites excluding steroid dienone is 9. The van der Waals surface area contributed by atoms with Crippen LogP contribution in [0.1, 0.15) is 19.8 Å².